The van der Waals surface area contributed by atoms with E-state index >= 15 is 0 Å². The summed E-state index contributed by atoms with van der Waals surface area (Å²) in [5.41, 5.74) is 1.18. The minimum Gasteiger partial charge on any atom is -0.466 e. The lowest BCUT2D eigenvalue weighted by atomic mass is 10.2. The Kier molecular flexibility index (Phi) is 7.90. The van der Waals surface area contributed by atoms with E-state index in [0.717, 1.165) is 23.3 Å². The monoisotopic (exact) mass is 446 g/mol. The number of ether oxygens (including phenoxy) is 2. The van der Waals surface area contributed by atoms with E-state index < -0.39 is 11.8 Å². The van der Waals surface area contributed by atoms with Crippen LogP contribution in [0.25, 0.3) is 0 Å². The molecule has 1 heterocycles. The molecule has 166 valence electrons. The number of nitrogens with zero attached hydrogens (tertiary/aromatic N) is 2. The van der Waals surface area contributed by atoms with Gasteiger partial charge < -0.3 is 14.4 Å². The number of aromatic nitrogens is 1. The van der Waals surface area contributed by atoms with E-state index in [2.05, 4.69) is 4.98 Å². The Morgan fingerprint density at radius 1 is 1.16 bits per heavy atom. The summed E-state index contributed by atoms with van der Waals surface area (Å²) in [5, 5.41) is 0.175. The lowest BCUT2D eigenvalue weighted by Gasteiger charge is -2.25. The fourth-order valence-corrected chi connectivity index (χ4v) is 3.91. The molecule has 0 N–H and O–H groups in total. The average molecular weight is 447 g/mol. The van der Waals surface area contributed by atoms with Crippen LogP contribution < -0.4 is 4.90 Å². The van der Waals surface area contributed by atoms with Gasteiger partial charge in [0.05, 0.1) is 19.6 Å². The molecule has 6 nitrogen and oxygen atoms in total. The molecule has 1 saturated carbocycles. The van der Waals surface area contributed by atoms with E-state index in [9.17, 15) is 14.0 Å². The third kappa shape index (κ3) is 6.19. The number of halogens is 1. The highest BCUT2D eigenvalue weighted by molar-refractivity contribution is 7.99. The van der Waals surface area contributed by atoms with Crippen LogP contribution in [0.1, 0.15) is 49.0 Å². The highest BCUT2D eigenvalue weighted by Gasteiger charge is 2.34. The minimum atomic E-state index is -0.627. The van der Waals surface area contributed by atoms with Crippen molar-refractivity contribution in [2.24, 2.45) is 0 Å². The number of hydrogen-bond donors (Lipinski definition) is 0. The second-order valence-electron chi connectivity index (χ2n) is 7.26. The Balaban J connectivity index is 1.95. The third-order valence-corrected chi connectivity index (χ3v) is 5.76. The van der Waals surface area contributed by atoms with Crippen molar-refractivity contribution in [2.45, 2.75) is 56.0 Å². The van der Waals surface area contributed by atoms with Gasteiger partial charge in [0.2, 0.25) is 0 Å². The van der Waals surface area contributed by atoms with Gasteiger partial charge in [-0.1, -0.05) is 29.5 Å². The summed E-state index contributed by atoms with van der Waals surface area (Å²) in [5.74, 6) is -1.18. The van der Waals surface area contributed by atoms with Crippen molar-refractivity contribution < 1.29 is 23.5 Å². The van der Waals surface area contributed by atoms with Crippen molar-refractivity contribution in [1.82, 2.24) is 4.98 Å². The van der Waals surface area contributed by atoms with Gasteiger partial charge in [0.15, 0.2) is 5.82 Å². The number of carbonyl (C=O) groups is 2. The van der Waals surface area contributed by atoms with Gasteiger partial charge in [-0.15, -0.1) is 0 Å². The van der Waals surface area contributed by atoms with Crippen LogP contribution in [0.2, 0.25) is 0 Å². The number of carbonyl (C=O) groups excluding carboxylic acids is 2. The average Bonchev–Trinajstić information content (AvgIpc) is 3.57. The Morgan fingerprint density at radius 3 is 2.45 bits per heavy atom. The van der Waals surface area contributed by atoms with Crippen molar-refractivity contribution >= 4 is 29.5 Å². The van der Waals surface area contributed by atoms with Gasteiger partial charge in [0.1, 0.15) is 16.4 Å². The van der Waals surface area contributed by atoms with Gasteiger partial charge in [-0.25, -0.2) is 14.2 Å². The lowest BCUT2D eigenvalue weighted by molar-refractivity contribution is -0.142. The van der Waals surface area contributed by atoms with Gasteiger partial charge >= 0.3 is 11.9 Å². The molecule has 0 atom stereocenters. The van der Waals surface area contributed by atoms with Crippen molar-refractivity contribution in [2.75, 3.05) is 24.7 Å². The minimum absolute atomic E-state index is 0.0726. The second kappa shape index (κ2) is 10.6. The van der Waals surface area contributed by atoms with Gasteiger partial charge in [-0.3, -0.25) is 4.79 Å². The molecule has 1 aromatic carbocycles. The number of pyridine rings is 1. The predicted molar refractivity (Wildman–Crippen MR) is 117 cm³/mol. The molecule has 1 aliphatic rings. The van der Waals surface area contributed by atoms with Crippen molar-refractivity contribution in [3.63, 3.8) is 0 Å². The van der Waals surface area contributed by atoms with Crippen LogP contribution >= 0.6 is 11.8 Å². The number of rotatable bonds is 10. The lowest BCUT2D eigenvalue weighted by Crippen LogP contribution is -2.32. The van der Waals surface area contributed by atoms with Gasteiger partial charge in [0, 0.05) is 17.5 Å². The van der Waals surface area contributed by atoms with Crippen LogP contribution in [0.15, 0.2) is 40.3 Å². The highest BCUT2D eigenvalue weighted by Crippen LogP contribution is 2.37. The van der Waals surface area contributed by atoms with Crippen LogP contribution in [0.3, 0.4) is 0 Å². The molecule has 2 aromatic rings. The Bertz CT molecular complexity index is 932. The molecule has 0 aliphatic heterocycles. The molecule has 0 spiro atoms. The normalized spacial score (nSPS) is 13.0. The molecule has 0 amide bonds. The SMILES string of the molecule is CCOC(=O)CCN(c1nc(Sc2ccc(C)cc2)c(F)cc1C(=O)OCC)C1CC1. The van der Waals surface area contributed by atoms with Crippen LogP contribution in [0.4, 0.5) is 10.2 Å². The molecular formula is C23H27FN2O4S. The highest BCUT2D eigenvalue weighted by atomic mass is 32.2. The summed E-state index contributed by atoms with van der Waals surface area (Å²) in [6.07, 6.45) is 2.00. The summed E-state index contributed by atoms with van der Waals surface area (Å²) in [7, 11) is 0. The maximum Gasteiger partial charge on any atom is 0.342 e. The van der Waals surface area contributed by atoms with Gasteiger partial charge in [-0.2, -0.15) is 0 Å². The number of aryl methyl sites for hydroxylation is 1. The van der Waals surface area contributed by atoms with E-state index in [4.69, 9.17) is 9.47 Å². The fourth-order valence-electron chi connectivity index (χ4n) is 3.12. The number of esters is 2. The fraction of sp³-hybridized carbons (Fsp3) is 0.435. The summed E-state index contributed by atoms with van der Waals surface area (Å²) in [6.45, 7) is 6.25. The van der Waals surface area contributed by atoms with Crippen LogP contribution in [0, 0.1) is 12.7 Å². The van der Waals surface area contributed by atoms with Crippen LogP contribution in [0.5, 0.6) is 0 Å². The summed E-state index contributed by atoms with van der Waals surface area (Å²) < 4.78 is 25.1. The molecule has 0 bridgehead atoms. The zero-order valence-corrected chi connectivity index (χ0v) is 18.8. The van der Waals surface area contributed by atoms with Crippen molar-refractivity contribution in [3.05, 3.63) is 47.3 Å². The van der Waals surface area contributed by atoms with E-state index in [0.29, 0.717) is 19.0 Å². The maximum atomic E-state index is 14.9. The first kappa shape index (κ1) is 23.1. The van der Waals surface area contributed by atoms with Gasteiger partial charge in [0.25, 0.3) is 0 Å². The molecule has 0 unspecified atom stereocenters. The molecule has 1 aromatic heterocycles. The van der Waals surface area contributed by atoms with Crippen LogP contribution in [-0.4, -0.2) is 42.7 Å². The third-order valence-electron chi connectivity index (χ3n) is 4.78. The van der Waals surface area contributed by atoms with Crippen molar-refractivity contribution in [1.29, 1.82) is 0 Å². The van der Waals surface area contributed by atoms with E-state index in [1.807, 2.05) is 36.1 Å². The van der Waals surface area contributed by atoms with E-state index in [-0.39, 0.29) is 35.6 Å². The first-order valence-corrected chi connectivity index (χ1v) is 11.3. The first-order valence-electron chi connectivity index (χ1n) is 10.5. The molecule has 1 aliphatic carbocycles. The molecule has 1 fully saturated rings. The maximum absolute atomic E-state index is 14.9. The van der Waals surface area contributed by atoms with Crippen LogP contribution in [-0.2, 0) is 14.3 Å². The largest absolute Gasteiger partial charge is 0.466 e. The number of anilines is 1. The quantitative estimate of drug-likeness (QED) is 0.487. The standard InChI is InChI=1S/C23H27FN2O4S/c1-4-29-20(27)12-13-26(16-8-9-16)21-18(23(28)30-5-2)14-19(24)22(25-21)31-17-10-6-15(3)7-11-17/h6-7,10-11,14,16H,4-5,8-9,12-13H2,1-3H3. The predicted octanol–water partition coefficient (Wildman–Crippen LogP) is 4.78. The first-order chi connectivity index (χ1) is 14.9. The topological polar surface area (TPSA) is 68.7 Å². The summed E-state index contributed by atoms with van der Waals surface area (Å²) in [6, 6.07) is 9.04. The second-order valence-corrected chi connectivity index (χ2v) is 8.32. The Hall–Kier alpha value is -2.61. The van der Waals surface area contributed by atoms with E-state index in [1.165, 1.54) is 17.8 Å². The molecule has 0 saturated heterocycles. The van der Waals surface area contributed by atoms with Gasteiger partial charge in [-0.05, 0) is 51.8 Å². The molecule has 0 radical (unpaired) electrons. The molecule has 8 heteroatoms. The molecule has 3 rings (SSSR count). The summed E-state index contributed by atoms with van der Waals surface area (Å²) >= 11 is 1.20. The zero-order valence-electron chi connectivity index (χ0n) is 18.0. The Labute approximate surface area is 186 Å². The number of hydrogen-bond acceptors (Lipinski definition) is 7. The summed E-state index contributed by atoms with van der Waals surface area (Å²) in [4.78, 5) is 31.8. The number of benzene rings is 1. The smallest absolute Gasteiger partial charge is 0.342 e. The van der Waals surface area contributed by atoms with Crippen molar-refractivity contribution in [3.8, 4) is 0 Å². The zero-order chi connectivity index (χ0) is 22.4. The Morgan fingerprint density at radius 2 is 1.84 bits per heavy atom. The molecule has 31 heavy (non-hydrogen) atoms. The van der Waals surface area contributed by atoms with E-state index in [1.54, 1.807) is 13.8 Å². The molecular weight excluding hydrogens is 419 g/mol.